The average Bonchev–Trinajstić information content (AvgIpc) is 3.75. The van der Waals surface area contributed by atoms with Crippen LogP contribution in [0.5, 0.6) is 5.75 Å². The van der Waals surface area contributed by atoms with Gasteiger partial charge in [-0.05, 0) is 55.3 Å². The lowest BCUT2D eigenvalue weighted by Crippen LogP contribution is -2.49. The molecule has 0 spiro atoms. The number of piperidine rings is 1. The number of pyridine rings is 2. The molecular weight excluding hydrogens is 749 g/mol. The van der Waals surface area contributed by atoms with Crippen LogP contribution in [0.4, 0.5) is 10.6 Å². The number of anilines is 1. The van der Waals surface area contributed by atoms with E-state index in [0.29, 0.717) is 65.0 Å². The quantitative estimate of drug-likeness (QED) is 0.157. The van der Waals surface area contributed by atoms with Crippen molar-refractivity contribution < 1.29 is 23.9 Å². The number of aromatic amines is 2. The van der Waals surface area contributed by atoms with Crippen molar-refractivity contribution in [3.05, 3.63) is 98.8 Å². The number of nitrogens with one attached hydrogen (secondary N) is 3. The number of imide groups is 1. The molecule has 6 aromatic rings. The number of hydrogen-bond acceptors (Lipinski definition) is 10. The number of piperazine rings is 1. The minimum absolute atomic E-state index is 0.106. The second-order valence-electron chi connectivity index (χ2n) is 13.4. The summed E-state index contributed by atoms with van der Waals surface area (Å²) in [4.78, 5) is 65.3. The highest BCUT2D eigenvalue weighted by molar-refractivity contribution is 6.35. The van der Waals surface area contributed by atoms with Gasteiger partial charge in [-0.3, -0.25) is 29.6 Å². The fraction of sp³-hybridized carbons (Fsp3) is 0.289. The average molecular weight is 785 g/mol. The Hall–Kier alpha value is -5.93. The van der Waals surface area contributed by atoms with Gasteiger partial charge in [-0.15, -0.1) is 0 Å². The molecule has 1 unspecified atom stereocenters. The van der Waals surface area contributed by atoms with Gasteiger partial charge in [-0.2, -0.15) is 5.10 Å². The molecule has 2 aliphatic rings. The van der Waals surface area contributed by atoms with E-state index in [1.54, 1.807) is 23.2 Å². The molecule has 2 saturated heterocycles. The highest BCUT2D eigenvalue weighted by atomic mass is 35.5. The van der Waals surface area contributed by atoms with E-state index in [9.17, 15) is 19.2 Å². The first-order valence-corrected chi connectivity index (χ1v) is 18.5. The van der Waals surface area contributed by atoms with Gasteiger partial charge in [-0.1, -0.05) is 35.3 Å². The number of carbonyl (C=O) groups excluding carboxylic acids is 3. The number of ether oxygens (including phenoxy) is 2. The number of amides is 3. The van der Waals surface area contributed by atoms with Crippen LogP contribution < -0.4 is 20.6 Å². The summed E-state index contributed by atoms with van der Waals surface area (Å²) in [6, 6.07) is 14.2. The van der Waals surface area contributed by atoms with Crippen LogP contribution in [0.2, 0.25) is 10.0 Å². The van der Waals surface area contributed by atoms with Crippen LogP contribution in [-0.2, 0) is 20.7 Å². The highest BCUT2D eigenvalue weighted by Gasteiger charge is 2.31. The summed E-state index contributed by atoms with van der Waals surface area (Å²) in [6.45, 7) is 4.05. The number of para-hydroxylation sites is 1. The number of nitrogens with zero attached hydrogens (tertiary/aromatic N) is 6. The zero-order chi connectivity index (χ0) is 38.2. The summed E-state index contributed by atoms with van der Waals surface area (Å²) in [5.41, 5.74) is 4.53. The van der Waals surface area contributed by atoms with E-state index in [2.05, 4.69) is 30.4 Å². The Labute approximate surface area is 323 Å². The van der Waals surface area contributed by atoms with Crippen molar-refractivity contribution in [1.82, 2.24) is 39.9 Å². The number of carbonyl (C=O) groups is 3. The fourth-order valence-corrected chi connectivity index (χ4v) is 7.86. The largest absolute Gasteiger partial charge is 0.486 e. The highest BCUT2D eigenvalue weighted by Crippen LogP contribution is 2.35. The van der Waals surface area contributed by atoms with E-state index in [1.807, 2.05) is 43.3 Å². The molecule has 2 aliphatic heterocycles. The molecule has 0 bridgehead atoms. The van der Waals surface area contributed by atoms with Crippen molar-refractivity contribution in [2.45, 2.75) is 38.3 Å². The molecule has 4 aromatic heterocycles. The summed E-state index contributed by atoms with van der Waals surface area (Å²) in [5.74, 6) is 0.563. The van der Waals surface area contributed by atoms with Crippen LogP contribution >= 0.6 is 23.2 Å². The zero-order valence-electron chi connectivity index (χ0n) is 29.6. The Morgan fingerprint density at radius 3 is 2.55 bits per heavy atom. The second kappa shape index (κ2) is 15.1. The SMILES string of the molecule is C[C@@H](Oc1ccc2[nH]nc(-c3ccc(N4CCN(C(=O)OCCc5cccc6c5[nH]c(=O)n6C5CCC(=O)NC5=O)CC4)nc3)c2c1)c1c(Cl)cncc1Cl. The lowest BCUT2D eigenvalue weighted by atomic mass is 10.1. The molecule has 282 valence electrons. The molecule has 0 radical (unpaired) electrons. The lowest BCUT2D eigenvalue weighted by Gasteiger charge is -2.34. The van der Waals surface area contributed by atoms with E-state index in [1.165, 1.54) is 17.0 Å². The van der Waals surface area contributed by atoms with Crippen molar-refractivity contribution in [3.8, 4) is 17.0 Å². The van der Waals surface area contributed by atoms with Gasteiger partial charge in [0.1, 0.15) is 29.4 Å². The molecule has 3 N–H and O–H groups in total. The second-order valence-corrected chi connectivity index (χ2v) is 14.2. The van der Waals surface area contributed by atoms with Crippen molar-refractivity contribution in [1.29, 1.82) is 0 Å². The first-order valence-electron chi connectivity index (χ1n) is 17.8. The zero-order valence-corrected chi connectivity index (χ0v) is 31.1. The molecule has 0 aliphatic carbocycles. The maximum Gasteiger partial charge on any atom is 0.409 e. The Morgan fingerprint density at radius 2 is 1.80 bits per heavy atom. The third-order valence-corrected chi connectivity index (χ3v) is 10.6. The van der Waals surface area contributed by atoms with E-state index in [-0.39, 0.29) is 25.4 Å². The summed E-state index contributed by atoms with van der Waals surface area (Å²) in [6.07, 6.45) is 4.80. The summed E-state index contributed by atoms with van der Waals surface area (Å²) < 4.78 is 13.2. The van der Waals surface area contributed by atoms with Gasteiger partial charge >= 0.3 is 11.8 Å². The van der Waals surface area contributed by atoms with E-state index >= 15 is 0 Å². The van der Waals surface area contributed by atoms with Crippen molar-refractivity contribution >= 4 is 68.9 Å². The molecule has 2 fully saturated rings. The number of aromatic nitrogens is 6. The lowest BCUT2D eigenvalue weighted by molar-refractivity contribution is -0.135. The smallest absolute Gasteiger partial charge is 0.409 e. The van der Waals surface area contributed by atoms with Gasteiger partial charge in [0.15, 0.2) is 0 Å². The van der Waals surface area contributed by atoms with Crippen LogP contribution in [0, 0.1) is 0 Å². The Balaban J connectivity index is 0.859. The molecule has 15 nitrogen and oxygen atoms in total. The van der Waals surface area contributed by atoms with Crippen LogP contribution in [0.3, 0.4) is 0 Å². The maximum absolute atomic E-state index is 13.0. The Bertz CT molecular complexity index is 2470. The first kappa shape index (κ1) is 36.1. The number of imidazole rings is 1. The van der Waals surface area contributed by atoms with E-state index < -0.39 is 29.8 Å². The number of H-pyrrole nitrogens is 2. The van der Waals surface area contributed by atoms with Crippen LogP contribution in [0.1, 0.15) is 43.0 Å². The van der Waals surface area contributed by atoms with Gasteiger partial charge in [0, 0.05) is 74.1 Å². The molecule has 6 heterocycles. The monoisotopic (exact) mass is 783 g/mol. The molecule has 17 heteroatoms. The van der Waals surface area contributed by atoms with Gasteiger partial charge in [0.25, 0.3) is 0 Å². The van der Waals surface area contributed by atoms with Crippen molar-refractivity contribution in [2.75, 3.05) is 37.7 Å². The normalized spacial score (nSPS) is 16.7. The third kappa shape index (κ3) is 7.20. The summed E-state index contributed by atoms with van der Waals surface area (Å²) in [5, 5.41) is 11.7. The van der Waals surface area contributed by atoms with Crippen molar-refractivity contribution in [2.24, 2.45) is 0 Å². The maximum atomic E-state index is 13.0. The standard InChI is InChI=1S/C38H35Cl2N9O6/c1-21(33-26(39)19-41-20-27(33)40)55-24-6-7-28-25(17-24)34(46-45-28)23-5-9-31(42-18-23)47-12-14-48(15-13-47)38(53)54-16-11-22-3-2-4-29-35(22)44-37(52)49(29)30-8-10-32(50)43-36(30)51/h2-7,9,17-21,30H,8,10-16H2,1H3,(H,44,52)(H,45,46)(H,43,50,51)/t21-,30?/m1/s1. The number of halogens is 2. The number of hydrogen-bond donors (Lipinski definition) is 3. The molecule has 0 saturated carbocycles. The van der Waals surface area contributed by atoms with Crippen LogP contribution in [0.15, 0.2) is 71.9 Å². The molecule has 8 rings (SSSR count). The van der Waals surface area contributed by atoms with Gasteiger partial charge in [0.2, 0.25) is 11.8 Å². The third-order valence-electron chi connectivity index (χ3n) is 9.98. The van der Waals surface area contributed by atoms with Crippen LogP contribution in [0.25, 0.3) is 33.2 Å². The number of rotatable bonds is 9. The topological polar surface area (TPSA) is 180 Å². The number of fused-ring (bicyclic) bond motifs is 2. The van der Waals surface area contributed by atoms with Crippen molar-refractivity contribution in [3.63, 3.8) is 0 Å². The molecule has 3 amide bonds. The Morgan fingerprint density at radius 1 is 1.00 bits per heavy atom. The summed E-state index contributed by atoms with van der Waals surface area (Å²) in [7, 11) is 0. The Kier molecular flexibility index (Phi) is 9.88. The van der Waals surface area contributed by atoms with Crippen LogP contribution in [-0.4, -0.2) is 85.3 Å². The molecular formula is C38H35Cl2N9O6. The predicted octanol–water partition coefficient (Wildman–Crippen LogP) is 5.59. The molecule has 55 heavy (non-hydrogen) atoms. The van der Waals surface area contributed by atoms with Gasteiger partial charge < -0.3 is 24.3 Å². The van der Waals surface area contributed by atoms with Gasteiger partial charge in [-0.25, -0.2) is 14.6 Å². The molecule has 2 atom stereocenters. The van der Waals surface area contributed by atoms with E-state index in [4.69, 9.17) is 37.7 Å². The van der Waals surface area contributed by atoms with E-state index in [0.717, 1.165) is 33.5 Å². The minimum atomic E-state index is -0.778. The number of benzene rings is 2. The summed E-state index contributed by atoms with van der Waals surface area (Å²) >= 11 is 12.7. The minimum Gasteiger partial charge on any atom is -0.486 e. The first-order chi connectivity index (χ1) is 26.6. The fourth-order valence-electron chi connectivity index (χ4n) is 7.18. The predicted molar refractivity (Wildman–Crippen MR) is 205 cm³/mol. The molecule has 2 aromatic carbocycles. The van der Waals surface area contributed by atoms with Gasteiger partial charge in [0.05, 0.1) is 33.2 Å².